The van der Waals surface area contributed by atoms with E-state index >= 15 is 0 Å². The standard InChI is InChI=1S/C15H18N2O3/c1-3-20-15(19)14(17(2)10-18)8-11-9-16-13-7-5-4-6-12(11)13/h4-7,9-10,14,16H,3,8H2,1-2H3/t14-/m0/s1. The maximum Gasteiger partial charge on any atom is 0.329 e. The summed E-state index contributed by atoms with van der Waals surface area (Å²) < 4.78 is 5.04. The van der Waals surface area contributed by atoms with Crippen LogP contribution in [0.1, 0.15) is 12.5 Å². The van der Waals surface area contributed by atoms with Crippen LogP contribution in [0.4, 0.5) is 0 Å². The Hall–Kier alpha value is -2.30. The summed E-state index contributed by atoms with van der Waals surface area (Å²) in [6.45, 7) is 2.05. The van der Waals surface area contributed by atoms with Gasteiger partial charge in [0, 0.05) is 30.6 Å². The Labute approximate surface area is 117 Å². The zero-order valence-corrected chi connectivity index (χ0v) is 11.6. The normalized spacial score (nSPS) is 12.1. The van der Waals surface area contributed by atoms with Crippen LogP contribution in [0.5, 0.6) is 0 Å². The molecular formula is C15H18N2O3. The molecule has 20 heavy (non-hydrogen) atoms. The Balaban J connectivity index is 2.27. The minimum Gasteiger partial charge on any atom is -0.464 e. The largest absolute Gasteiger partial charge is 0.464 e. The number of hydrogen-bond donors (Lipinski definition) is 1. The fourth-order valence-corrected chi connectivity index (χ4v) is 2.21. The van der Waals surface area contributed by atoms with E-state index in [4.69, 9.17) is 4.74 Å². The van der Waals surface area contributed by atoms with Crippen molar-refractivity contribution in [2.24, 2.45) is 0 Å². The van der Waals surface area contributed by atoms with E-state index in [1.54, 1.807) is 14.0 Å². The van der Waals surface area contributed by atoms with Crippen molar-refractivity contribution < 1.29 is 14.3 Å². The second-order valence-electron chi connectivity index (χ2n) is 4.60. The van der Waals surface area contributed by atoms with Crippen molar-refractivity contribution in [1.29, 1.82) is 0 Å². The van der Waals surface area contributed by atoms with E-state index in [1.165, 1.54) is 4.90 Å². The van der Waals surface area contributed by atoms with E-state index in [9.17, 15) is 9.59 Å². The van der Waals surface area contributed by atoms with Gasteiger partial charge in [-0.15, -0.1) is 0 Å². The number of nitrogens with one attached hydrogen (secondary N) is 1. The highest BCUT2D eigenvalue weighted by atomic mass is 16.5. The van der Waals surface area contributed by atoms with Crippen LogP contribution < -0.4 is 0 Å². The molecule has 1 aromatic heterocycles. The molecule has 1 heterocycles. The second kappa shape index (κ2) is 6.23. The number of aromatic nitrogens is 1. The molecule has 1 amide bonds. The average Bonchev–Trinajstić information content (AvgIpc) is 2.87. The molecule has 0 saturated carbocycles. The first kappa shape index (κ1) is 14.1. The number of ether oxygens (including phenoxy) is 1. The minimum absolute atomic E-state index is 0.302. The summed E-state index contributed by atoms with van der Waals surface area (Å²) in [6, 6.07) is 7.25. The van der Waals surface area contributed by atoms with Crippen LogP contribution in [0.3, 0.4) is 0 Å². The van der Waals surface area contributed by atoms with Gasteiger partial charge in [0.1, 0.15) is 6.04 Å². The van der Waals surface area contributed by atoms with E-state index in [0.29, 0.717) is 19.4 Å². The molecule has 106 valence electrons. The maximum atomic E-state index is 12.0. The third-order valence-corrected chi connectivity index (χ3v) is 3.30. The number of benzene rings is 1. The molecule has 0 unspecified atom stereocenters. The first-order chi connectivity index (χ1) is 9.67. The molecule has 5 nitrogen and oxygen atoms in total. The van der Waals surface area contributed by atoms with Crippen molar-refractivity contribution in [1.82, 2.24) is 9.88 Å². The third-order valence-electron chi connectivity index (χ3n) is 3.30. The quantitative estimate of drug-likeness (QED) is 0.644. The number of carbonyl (C=O) groups excluding carboxylic acids is 2. The number of para-hydroxylation sites is 1. The lowest BCUT2D eigenvalue weighted by molar-refractivity contribution is -0.151. The van der Waals surface area contributed by atoms with Gasteiger partial charge in [0.15, 0.2) is 0 Å². The lowest BCUT2D eigenvalue weighted by Crippen LogP contribution is -2.40. The molecule has 0 saturated heterocycles. The van der Waals surface area contributed by atoms with Gasteiger partial charge in [0.05, 0.1) is 6.61 Å². The number of carbonyl (C=O) groups is 2. The van der Waals surface area contributed by atoms with Crippen molar-refractivity contribution in [3.8, 4) is 0 Å². The molecule has 0 fully saturated rings. The molecule has 1 aromatic carbocycles. The van der Waals surface area contributed by atoms with Gasteiger partial charge >= 0.3 is 5.97 Å². The first-order valence-electron chi connectivity index (χ1n) is 6.56. The summed E-state index contributed by atoms with van der Waals surface area (Å²) in [5.41, 5.74) is 2.01. The number of amides is 1. The molecule has 1 atom stereocenters. The number of H-pyrrole nitrogens is 1. The number of aromatic amines is 1. The van der Waals surface area contributed by atoms with Crippen molar-refractivity contribution in [2.45, 2.75) is 19.4 Å². The molecule has 0 spiro atoms. The van der Waals surface area contributed by atoms with Gasteiger partial charge < -0.3 is 14.6 Å². The molecule has 0 aliphatic carbocycles. The van der Waals surface area contributed by atoms with Crippen LogP contribution >= 0.6 is 0 Å². The topological polar surface area (TPSA) is 62.4 Å². The lowest BCUT2D eigenvalue weighted by Gasteiger charge is -2.22. The predicted molar refractivity (Wildman–Crippen MR) is 76.3 cm³/mol. The van der Waals surface area contributed by atoms with Gasteiger partial charge in [-0.25, -0.2) is 4.79 Å². The molecule has 1 N–H and O–H groups in total. The van der Waals surface area contributed by atoms with Crippen molar-refractivity contribution in [3.05, 3.63) is 36.0 Å². The average molecular weight is 274 g/mol. The summed E-state index contributed by atoms with van der Waals surface area (Å²) in [6.07, 6.45) is 2.95. The number of nitrogens with zero attached hydrogens (tertiary/aromatic N) is 1. The smallest absolute Gasteiger partial charge is 0.329 e. The monoisotopic (exact) mass is 274 g/mol. The van der Waals surface area contributed by atoms with Crippen LogP contribution in [0, 0.1) is 0 Å². The van der Waals surface area contributed by atoms with Crippen LogP contribution in [-0.2, 0) is 20.7 Å². The van der Waals surface area contributed by atoms with Crippen molar-refractivity contribution >= 4 is 23.3 Å². The molecule has 0 aliphatic rings. The lowest BCUT2D eigenvalue weighted by atomic mass is 10.0. The van der Waals surface area contributed by atoms with Gasteiger partial charge in [-0.2, -0.15) is 0 Å². The fourth-order valence-electron chi connectivity index (χ4n) is 2.21. The van der Waals surface area contributed by atoms with Crippen LogP contribution in [-0.4, -0.2) is 42.0 Å². The molecule has 0 aliphatic heterocycles. The van der Waals surface area contributed by atoms with Crippen molar-refractivity contribution in [3.63, 3.8) is 0 Å². The molecular weight excluding hydrogens is 256 g/mol. The Morgan fingerprint density at radius 3 is 2.90 bits per heavy atom. The van der Waals surface area contributed by atoms with Crippen LogP contribution in [0.15, 0.2) is 30.5 Å². The summed E-state index contributed by atoms with van der Waals surface area (Å²) in [4.78, 5) is 27.4. The number of rotatable bonds is 6. The van der Waals surface area contributed by atoms with Crippen molar-refractivity contribution in [2.75, 3.05) is 13.7 Å². The molecule has 0 radical (unpaired) electrons. The number of likely N-dealkylation sites (N-methyl/N-ethyl adjacent to an activating group) is 1. The third kappa shape index (κ3) is 2.82. The maximum absolute atomic E-state index is 12.0. The number of esters is 1. The van der Waals surface area contributed by atoms with E-state index in [1.807, 2.05) is 30.5 Å². The van der Waals surface area contributed by atoms with Gasteiger partial charge in [-0.05, 0) is 18.6 Å². The highest BCUT2D eigenvalue weighted by Crippen LogP contribution is 2.20. The minimum atomic E-state index is -0.605. The van der Waals surface area contributed by atoms with Gasteiger partial charge in [-0.3, -0.25) is 4.79 Å². The second-order valence-corrected chi connectivity index (χ2v) is 4.60. The Bertz CT molecular complexity index is 606. The van der Waals surface area contributed by atoms with E-state index < -0.39 is 6.04 Å². The predicted octanol–water partition coefficient (Wildman–Crippen LogP) is 1.73. The van der Waals surface area contributed by atoms with E-state index in [0.717, 1.165) is 16.5 Å². The highest BCUT2D eigenvalue weighted by molar-refractivity contribution is 5.85. The Morgan fingerprint density at radius 1 is 1.45 bits per heavy atom. The molecule has 2 rings (SSSR count). The summed E-state index contributed by atoms with van der Waals surface area (Å²) in [5, 5.41) is 1.06. The first-order valence-corrected chi connectivity index (χ1v) is 6.56. The zero-order chi connectivity index (χ0) is 14.5. The Morgan fingerprint density at radius 2 is 2.20 bits per heavy atom. The van der Waals surface area contributed by atoms with Gasteiger partial charge in [0.25, 0.3) is 0 Å². The van der Waals surface area contributed by atoms with Crippen LogP contribution in [0.25, 0.3) is 10.9 Å². The zero-order valence-electron chi connectivity index (χ0n) is 11.6. The van der Waals surface area contributed by atoms with Gasteiger partial charge in [-0.1, -0.05) is 18.2 Å². The highest BCUT2D eigenvalue weighted by Gasteiger charge is 2.25. The van der Waals surface area contributed by atoms with Crippen LogP contribution in [0.2, 0.25) is 0 Å². The fraction of sp³-hybridized carbons (Fsp3) is 0.333. The van der Waals surface area contributed by atoms with Gasteiger partial charge in [0.2, 0.25) is 6.41 Å². The van der Waals surface area contributed by atoms with E-state index in [-0.39, 0.29) is 5.97 Å². The summed E-state index contributed by atoms with van der Waals surface area (Å²) >= 11 is 0. The molecule has 0 bridgehead atoms. The molecule has 2 aromatic rings. The Kier molecular flexibility index (Phi) is 4.40. The summed E-state index contributed by atoms with van der Waals surface area (Å²) in [7, 11) is 1.59. The number of hydrogen-bond acceptors (Lipinski definition) is 3. The SMILES string of the molecule is CCOC(=O)[C@H](Cc1c[nH]c2ccccc12)N(C)C=O. The summed E-state index contributed by atoms with van der Waals surface area (Å²) in [5.74, 6) is -0.382. The van der Waals surface area contributed by atoms with E-state index in [2.05, 4.69) is 4.98 Å². The number of fused-ring (bicyclic) bond motifs is 1. The molecule has 5 heteroatoms.